The second-order valence-electron chi connectivity index (χ2n) is 10.4. The predicted molar refractivity (Wildman–Crippen MR) is 140 cm³/mol. The first-order valence-corrected chi connectivity index (χ1v) is 13.2. The number of carbonyl (C=O) groups is 1. The second-order valence-corrected chi connectivity index (χ2v) is 12.2. The fourth-order valence-electron chi connectivity index (χ4n) is 3.92. The quantitative estimate of drug-likeness (QED) is 0.548. The van der Waals surface area contributed by atoms with Crippen molar-refractivity contribution in [3.8, 4) is 5.75 Å². The Bertz CT molecular complexity index is 1190. The Morgan fingerprint density at radius 3 is 2.29 bits per heavy atom. The molecule has 0 unspecified atom stereocenters. The van der Waals surface area contributed by atoms with Gasteiger partial charge in [0.1, 0.15) is 5.75 Å². The van der Waals surface area contributed by atoms with Crippen LogP contribution in [0.5, 0.6) is 5.75 Å². The predicted octanol–water partition coefficient (Wildman–Crippen LogP) is 5.23. The minimum Gasteiger partial charge on any atom is -0.496 e. The molecule has 34 heavy (non-hydrogen) atoms. The van der Waals surface area contributed by atoms with Gasteiger partial charge in [-0.3, -0.25) is 9.62 Å². The summed E-state index contributed by atoms with van der Waals surface area (Å²) in [6.45, 7) is 11.1. The Morgan fingerprint density at radius 1 is 1.12 bits per heavy atom. The van der Waals surface area contributed by atoms with Crippen LogP contribution in [0.4, 0.5) is 16.2 Å². The van der Waals surface area contributed by atoms with E-state index in [2.05, 4.69) is 30.8 Å². The maximum atomic E-state index is 12.9. The number of nitrogens with one attached hydrogen (secondary N) is 2. The first-order valence-electron chi connectivity index (χ1n) is 11.3. The summed E-state index contributed by atoms with van der Waals surface area (Å²) in [7, 11) is -1.67. The molecule has 1 aliphatic heterocycles. The minimum absolute atomic E-state index is 0.106. The lowest BCUT2D eigenvalue weighted by Crippen LogP contribution is -2.57. The van der Waals surface area contributed by atoms with Crippen LogP contribution in [0, 0.1) is 0 Å². The number of anilines is 2. The molecule has 1 aliphatic rings. The summed E-state index contributed by atoms with van der Waals surface area (Å²) in [5.41, 5.74) is 3.68. The van der Waals surface area contributed by atoms with Gasteiger partial charge in [0.05, 0.1) is 13.4 Å². The molecule has 1 fully saturated rings. The maximum absolute atomic E-state index is 12.9. The lowest BCUT2D eigenvalue weighted by Gasteiger charge is -2.38. The van der Waals surface area contributed by atoms with Gasteiger partial charge in [0.15, 0.2) is 0 Å². The van der Waals surface area contributed by atoms with Gasteiger partial charge in [-0.1, -0.05) is 45.1 Å². The standard InChI is InChI=1S/C26H35N3O4S/c1-25(2,3)22-17-21(29-15-14-26(4,5)27-24(29)30)16-19(23(22)33-6)11-8-18-9-12-20(13-10-18)28-34(7,31)32/h8-13,16-17,28H,14-15H2,1-7H3,(H,27,30)/b11-8+. The van der Waals surface area contributed by atoms with E-state index in [1.54, 1.807) is 24.1 Å². The molecule has 0 aliphatic carbocycles. The molecule has 0 radical (unpaired) electrons. The summed E-state index contributed by atoms with van der Waals surface area (Å²) < 4.78 is 31.1. The van der Waals surface area contributed by atoms with Crippen LogP contribution in [0.1, 0.15) is 57.7 Å². The topological polar surface area (TPSA) is 87.7 Å². The average Bonchev–Trinajstić information content (AvgIpc) is 2.70. The van der Waals surface area contributed by atoms with E-state index in [1.165, 1.54) is 0 Å². The third-order valence-corrected chi connectivity index (χ3v) is 6.35. The summed E-state index contributed by atoms with van der Waals surface area (Å²) >= 11 is 0. The van der Waals surface area contributed by atoms with Gasteiger partial charge in [-0.15, -0.1) is 0 Å². The Hall–Kier alpha value is -3.00. The van der Waals surface area contributed by atoms with Crippen LogP contribution >= 0.6 is 0 Å². The maximum Gasteiger partial charge on any atom is 0.322 e. The van der Waals surface area contributed by atoms with E-state index in [4.69, 9.17) is 4.74 Å². The number of urea groups is 1. The molecule has 0 bridgehead atoms. The van der Waals surface area contributed by atoms with Gasteiger partial charge in [0, 0.05) is 34.6 Å². The van der Waals surface area contributed by atoms with Gasteiger partial charge in [0.25, 0.3) is 0 Å². The van der Waals surface area contributed by atoms with Crippen molar-refractivity contribution in [2.24, 2.45) is 0 Å². The van der Waals surface area contributed by atoms with Gasteiger partial charge < -0.3 is 10.1 Å². The number of sulfonamides is 1. The molecule has 3 rings (SSSR count). The summed E-state index contributed by atoms with van der Waals surface area (Å²) in [4.78, 5) is 14.6. The highest BCUT2D eigenvalue weighted by atomic mass is 32.2. The zero-order valence-electron chi connectivity index (χ0n) is 21.0. The highest BCUT2D eigenvalue weighted by molar-refractivity contribution is 7.92. The van der Waals surface area contributed by atoms with Crippen molar-refractivity contribution in [2.45, 2.75) is 52.0 Å². The lowest BCUT2D eigenvalue weighted by molar-refractivity contribution is 0.224. The molecule has 2 amide bonds. The van der Waals surface area contributed by atoms with Gasteiger partial charge in [-0.2, -0.15) is 0 Å². The van der Waals surface area contributed by atoms with Gasteiger partial charge >= 0.3 is 6.03 Å². The number of methoxy groups -OCH3 is 1. The van der Waals surface area contributed by atoms with E-state index in [0.717, 1.165) is 40.8 Å². The van der Waals surface area contributed by atoms with E-state index < -0.39 is 10.0 Å². The van der Waals surface area contributed by atoms with Crippen molar-refractivity contribution in [3.63, 3.8) is 0 Å². The SMILES string of the molecule is COc1c(/C=C/c2ccc(NS(C)(=O)=O)cc2)cc(N2CCC(C)(C)NC2=O)cc1C(C)(C)C. The Balaban J connectivity index is 2.00. The molecule has 0 atom stereocenters. The smallest absolute Gasteiger partial charge is 0.322 e. The second kappa shape index (κ2) is 9.33. The van der Waals surface area contributed by atoms with Crippen LogP contribution in [0.25, 0.3) is 12.2 Å². The number of ether oxygens (including phenoxy) is 1. The van der Waals surface area contributed by atoms with E-state index in [-0.39, 0.29) is 17.0 Å². The molecular formula is C26H35N3O4S. The summed E-state index contributed by atoms with van der Waals surface area (Å²) in [5.74, 6) is 0.764. The van der Waals surface area contributed by atoms with Crippen LogP contribution in [0.3, 0.4) is 0 Å². The highest BCUT2D eigenvalue weighted by Gasteiger charge is 2.32. The summed E-state index contributed by atoms with van der Waals surface area (Å²) in [6.07, 6.45) is 5.87. The van der Waals surface area contributed by atoms with Crippen molar-refractivity contribution in [1.29, 1.82) is 0 Å². The number of rotatable bonds is 6. The monoisotopic (exact) mass is 485 g/mol. The van der Waals surface area contributed by atoms with Crippen LogP contribution in [-0.2, 0) is 15.4 Å². The fraction of sp³-hybridized carbons (Fsp3) is 0.423. The number of nitrogens with zero attached hydrogens (tertiary/aromatic N) is 1. The van der Waals surface area contributed by atoms with Gasteiger partial charge in [-0.05, 0) is 55.5 Å². The number of hydrogen-bond donors (Lipinski definition) is 2. The van der Waals surface area contributed by atoms with Crippen molar-refractivity contribution in [1.82, 2.24) is 5.32 Å². The fourth-order valence-corrected chi connectivity index (χ4v) is 4.49. The molecule has 184 valence electrons. The van der Waals surface area contributed by atoms with Crippen LogP contribution in [-0.4, -0.2) is 39.9 Å². The normalized spacial score (nSPS) is 16.4. The molecule has 1 saturated heterocycles. The van der Waals surface area contributed by atoms with Crippen molar-refractivity contribution in [3.05, 3.63) is 53.1 Å². The third-order valence-electron chi connectivity index (χ3n) is 5.75. The number of amides is 2. The van der Waals surface area contributed by atoms with Crippen LogP contribution < -0.4 is 19.7 Å². The minimum atomic E-state index is -3.32. The molecule has 8 heteroatoms. The number of hydrogen-bond acceptors (Lipinski definition) is 4. The average molecular weight is 486 g/mol. The summed E-state index contributed by atoms with van der Waals surface area (Å²) in [6, 6.07) is 11.0. The van der Waals surface area contributed by atoms with Crippen LogP contribution in [0.2, 0.25) is 0 Å². The Labute approximate surface area is 203 Å². The molecule has 2 aromatic rings. The van der Waals surface area contributed by atoms with E-state index in [0.29, 0.717) is 12.2 Å². The van der Waals surface area contributed by atoms with Gasteiger partial charge in [-0.25, -0.2) is 13.2 Å². The molecule has 0 spiro atoms. The number of benzene rings is 2. The van der Waals surface area contributed by atoms with Crippen LogP contribution in [0.15, 0.2) is 36.4 Å². The lowest BCUT2D eigenvalue weighted by atomic mass is 9.84. The van der Waals surface area contributed by atoms with Gasteiger partial charge in [0.2, 0.25) is 10.0 Å². The molecule has 1 heterocycles. The molecule has 0 saturated carbocycles. The molecule has 0 aromatic heterocycles. The Morgan fingerprint density at radius 2 is 1.76 bits per heavy atom. The first-order chi connectivity index (χ1) is 15.7. The van der Waals surface area contributed by atoms with Crippen molar-refractivity contribution in [2.75, 3.05) is 29.5 Å². The molecular weight excluding hydrogens is 450 g/mol. The zero-order chi connectivity index (χ0) is 25.3. The van der Waals surface area contributed by atoms with E-state index in [9.17, 15) is 13.2 Å². The molecule has 7 nitrogen and oxygen atoms in total. The van der Waals surface area contributed by atoms with Crippen molar-refractivity contribution < 1.29 is 17.9 Å². The van der Waals surface area contributed by atoms with Crippen molar-refractivity contribution >= 4 is 39.6 Å². The largest absolute Gasteiger partial charge is 0.496 e. The molecule has 2 aromatic carbocycles. The Kier molecular flexibility index (Phi) is 7.03. The summed E-state index contributed by atoms with van der Waals surface area (Å²) in [5, 5.41) is 3.08. The first kappa shape index (κ1) is 25.6. The van der Waals surface area contributed by atoms with E-state index >= 15 is 0 Å². The highest BCUT2D eigenvalue weighted by Crippen LogP contribution is 2.39. The van der Waals surface area contributed by atoms with E-state index in [1.807, 2.05) is 50.3 Å². The number of carbonyl (C=O) groups excluding carboxylic acids is 1. The molecule has 2 N–H and O–H groups in total. The zero-order valence-corrected chi connectivity index (χ0v) is 21.8. The third kappa shape index (κ3) is 6.32.